The van der Waals surface area contributed by atoms with E-state index in [1.807, 2.05) is 19.0 Å². The third-order valence-electron chi connectivity index (χ3n) is 2.19. The van der Waals surface area contributed by atoms with Crippen molar-refractivity contribution in [3.8, 4) is 0 Å². The van der Waals surface area contributed by atoms with Gasteiger partial charge in [0.05, 0.1) is 0 Å². The van der Waals surface area contributed by atoms with Crippen molar-refractivity contribution in [3.63, 3.8) is 0 Å². The molecule has 0 aromatic rings. The summed E-state index contributed by atoms with van der Waals surface area (Å²) in [6, 6.07) is 0. The highest BCUT2D eigenvalue weighted by Crippen LogP contribution is 2.19. The lowest BCUT2D eigenvalue weighted by Crippen LogP contribution is -2.17. The molecule has 1 rings (SSSR count). The number of allylic oxidation sites excluding steroid dienone is 2. The lowest BCUT2D eigenvalue weighted by Gasteiger charge is -2.08. The Morgan fingerprint density at radius 1 is 1.58 bits per heavy atom. The van der Waals surface area contributed by atoms with E-state index in [2.05, 4.69) is 6.08 Å². The second kappa shape index (κ2) is 4.41. The number of rotatable bonds is 4. The average molecular weight is 167 g/mol. The molecular formula is C10H17NO. The first-order valence-corrected chi connectivity index (χ1v) is 4.57. The first kappa shape index (κ1) is 9.46. The molecular weight excluding hydrogens is 150 g/mol. The molecule has 0 fully saturated rings. The third-order valence-corrected chi connectivity index (χ3v) is 2.19. The fourth-order valence-corrected chi connectivity index (χ4v) is 1.41. The Hall–Kier alpha value is -0.630. The molecule has 0 aromatic carbocycles. The molecule has 0 unspecified atom stereocenters. The van der Waals surface area contributed by atoms with Gasteiger partial charge in [0, 0.05) is 13.0 Å². The van der Waals surface area contributed by atoms with Crippen LogP contribution in [-0.2, 0) is 4.79 Å². The summed E-state index contributed by atoms with van der Waals surface area (Å²) in [7, 11) is 3.99. The number of nitrogens with zero attached hydrogens (tertiary/aromatic N) is 1. The van der Waals surface area contributed by atoms with Crippen LogP contribution in [0.4, 0.5) is 0 Å². The minimum absolute atomic E-state index is 0.348. The number of hydrogen-bond donors (Lipinski definition) is 0. The summed E-state index contributed by atoms with van der Waals surface area (Å²) < 4.78 is 0. The molecule has 0 saturated heterocycles. The van der Waals surface area contributed by atoms with Gasteiger partial charge >= 0.3 is 0 Å². The molecule has 2 heteroatoms. The fraction of sp³-hybridized carbons (Fsp3) is 0.700. The van der Waals surface area contributed by atoms with Crippen LogP contribution in [0.1, 0.15) is 25.7 Å². The predicted octanol–water partition coefficient (Wildman–Crippen LogP) is 1.62. The molecule has 0 heterocycles. The molecule has 2 nitrogen and oxygen atoms in total. The third kappa shape index (κ3) is 2.78. The Balaban J connectivity index is 2.28. The Morgan fingerprint density at radius 2 is 2.33 bits per heavy atom. The SMILES string of the molecule is CN(C)CCC(=O)C1=CCCC1. The van der Waals surface area contributed by atoms with Crippen LogP contribution >= 0.6 is 0 Å². The smallest absolute Gasteiger partial charge is 0.159 e. The van der Waals surface area contributed by atoms with Crippen LogP contribution in [0.5, 0.6) is 0 Å². The molecule has 0 atom stereocenters. The van der Waals surface area contributed by atoms with E-state index >= 15 is 0 Å². The second-order valence-electron chi connectivity index (χ2n) is 3.60. The van der Waals surface area contributed by atoms with Gasteiger partial charge in [-0.15, -0.1) is 0 Å². The van der Waals surface area contributed by atoms with Gasteiger partial charge in [0.25, 0.3) is 0 Å². The van der Waals surface area contributed by atoms with E-state index < -0.39 is 0 Å². The molecule has 0 aromatic heterocycles. The van der Waals surface area contributed by atoms with Gasteiger partial charge in [-0.2, -0.15) is 0 Å². The van der Waals surface area contributed by atoms with Crippen LogP contribution in [0.3, 0.4) is 0 Å². The largest absolute Gasteiger partial charge is 0.309 e. The van der Waals surface area contributed by atoms with Gasteiger partial charge in [-0.1, -0.05) is 6.08 Å². The van der Waals surface area contributed by atoms with Crippen molar-refractivity contribution in [2.75, 3.05) is 20.6 Å². The standard InChI is InChI=1S/C10H17NO/c1-11(2)8-7-10(12)9-5-3-4-6-9/h5H,3-4,6-8H2,1-2H3. The molecule has 68 valence electrons. The molecule has 0 N–H and O–H groups in total. The summed E-state index contributed by atoms with van der Waals surface area (Å²) in [5.41, 5.74) is 1.07. The average Bonchev–Trinajstić information content (AvgIpc) is 2.51. The molecule has 0 bridgehead atoms. The lowest BCUT2D eigenvalue weighted by molar-refractivity contribution is -0.115. The van der Waals surface area contributed by atoms with Crippen molar-refractivity contribution in [1.82, 2.24) is 4.90 Å². The first-order valence-electron chi connectivity index (χ1n) is 4.57. The maximum Gasteiger partial charge on any atom is 0.159 e. The van der Waals surface area contributed by atoms with Crippen LogP contribution in [0.2, 0.25) is 0 Å². The van der Waals surface area contributed by atoms with Crippen LogP contribution in [0, 0.1) is 0 Å². The maximum atomic E-state index is 11.5. The van der Waals surface area contributed by atoms with Crippen molar-refractivity contribution in [3.05, 3.63) is 11.6 Å². The Labute approximate surface area is 74.2 Å². The Morgan fingerprint density at radius 3 is 2.83 bits per heavy atom. The summed E-state index contributed by atoms with van der Waals surface area (Å²) in [5.74, 6) is 0.348. The highest BCUT2D eigenvalue weighted by molar-refractivity contribution is 5.95. The number of Topliss-reactive ketones (excluding diaryl/α,β-unsaturated/α-hetero) is 1. The van der Waals surface area contributed by atoms with E-state index in [1.165, 1.54) is 6.42 Å². The Kier molecular flexibility index (Phi) is 3.48. The van der Waals surface area contributed by atoms with Gasteiger partial charge in [-0.25, -0.2) is 0 Å². The second-order valence-corrected chi connectivity index (χ2v) is 3.60. The molecule has 0 spiro atoms. The van der Waals surface area contributed by atoms with Crippen LogP contribution < -0.4 is 0 Å². The topological polar surface area (TPSA) is 20.3 Å². The summed E-state index contributed by atoms with van der Waals surface area (Å²) in [4.78, 5) is 13.5. The van der Waals surface area contributed by atoms with Crippen LogP contribution in [0.15, 0.2) is 11.6 Å². The van der Waals surface area contributed by atoms with Crippen LogP contribution in [0.25, 0.3) is 0 Å². The number of carbonyl (C=O) groups is 1. The highest BCUT2D eigenvalue weighted by atomic mass is 16.1. The van der Waals surface area contributed by atoms with E-state index in [9.17, 15) is 4.79 Å². The van der Waals surface area contributed by atoms with Gasteiger partial charge in [0.2, 0.25) is 0 Å². The summed E-state index contributed by atoms with van der Waals surface area (Å²) >= 11 is 0. The summed E-state index contributed by atoms with van der Waals surface area (Å²) in [6.45, 7) is 0.871. The summed E-state index contributed by atoms with van der Waals surface area (Å²) in [5, 5.41) is 0. The van der Waals surface area contributed by atoms with Crippen molar-refractivity contribution in [2.24, 2.45) is 0 Å². The fourth-order valence-electron chi connectivity index (χ4n) is 1.41. The van der Waals surface area contributed by atoms with Crippen molar-refractivity contribution < 1.29 is 4.79 Å². The molecule has 1 aliphatic rings. The van der Waals surface area contributed by atoms with E-state index in [-0.39, 0.29) is 0 Å². The van der Waals surface area contributed by atoms with Crippen molar-refractivity contribution in [1.29, 1.82) is 0 Å². The highest BCUT2D eigenvalue weighted by Gasteiger charge is 2.12. The van der Waals surface area contributed by atoms with Crippen molar-refractivity contribution >= 4 is 5.78 Å². The number of hydrogen-bond acceptors (Lipinski definition) is 2. The van der Waals surface area contributed by atoms with Gasteiger partial charge in [0.1, 0.15) is 0 Å². The first-order chi connectivity index (χ1) is 5.70. The van der Waals surface area contributed by atoms with E-state index in [1.54, 1.807) is 0 Å². The lowest BCUT2D eigenvalue weighted by atomic mass is 10.1. The Bertz CT molecular complexity index is 194. The normalized spacial score (nSPS) is 16.8. The van der Waals surface area contributed by atoms with Gasteiger partial charge < -0.3 is 4.90 Å². The molecule has 0 radical (unpaired) electrons. The molecule has 12 heavy (non-hydrogen) atoms. The molecule has 0 aliphatic heterocycles. The number of ketones is 1. The zero-order valence-corrected chi connectivity index (χ0v) is 7.97. The minimum atomic E-state index is 0.348. The molecule has 0 amide bonds. The number of carbonyl (C=O) groups excluding carboxylic acids is 1. The molecule has 0 saturated carbocycles. The monoisotopic (exact) mass is 167 g/mol. The van der Waals surface area contributed by atoms with Gasteiger partial charge in [0.15, 0.2) is 5.78 Å². The van der Waals surface area contributed by atoms with Crippen LogP contribution in [-0.4, -0.2) is 31.3 Å². The zero-order chi connectivity index (χ0) is 8.97. The van der Waals surface area contributed by atoms with E-state index in [0.29, 0.717) is 12.2 Å². The molecule has 1 aliphatic carbocycles. The maximum absolute atomic E-state index is 11.5. The van der Waals surface area contributed by atoms with Crippen molar-refractivity contribution in [2.45, 2.75) is 25.7 Å². The van der Waals surface area contributed by atoms with Gasteiger partial charge in [-0.05, 0) is 38.9 Å². The minimum Gasteiger partial charge on any atom is -0.309 e. The predicted molar refractivity (Wildman–Crippen MR) is 50.1 cm³/mol. The summed E-state index contributed by atoms with van der Waals surface area (Å²) in [6.07, 6.45) is 6.05. The van der Waals surface area contributed by atoms with E-state index in [0.717, 1.165) is 25.0 Å². The zero-order valence-electron chi connectivity index (χ0n) is 7.97. The van der Waals surface area contributed by atoms with E-state index in [4.69, 9.17) is 0 Å². The quantitative estimate of drug-likeness (QED) is 0.634. The van der Waals surface area contributed by atoms with Gasteiger partial charge in [-0.3, -0.25) is 4.79 Å².